The molecule has 1 aromatic carbocycles. The van der Waals surface area contributed by atoms with Crippen molar-refractivity contribution in [3.8, 4) is 5.75 Å². The van der Waals surface area contributed by atoms with Gasteiger partial charge in [-0.25, -0.2) is 4.98 Å². The van der Waals surface area contributed by atoms with Crippen molar-refractivity contribution in [2.45, 2.75) is 6.54 Å². The maximum atomic E-state index is 12.4. The number of rotatable bonds is 3. The van der Waals surface area contributed by atoms with Gasteiger partial charge in [-0.05, 0) is 29.8 Å². The molecule has 0 amide bonds. The van der Waals surface area contributed by atoms with Crippen LogP contribution in [0, 0.1) is 0 Å². The molecule has 0 radical (unpaired) electrons. The van der Waals surface area contributed by atoms with E-state index in [0.717, 1.165) is 49.4 Å². The van der Waals surface area contributed by atoms with Gasteiger partial charge in [0.2, 0.25) is 0 Å². The first-order valence-electron chi connectivity index (χ1n) is 8.93. The number of hydrogen-bond donors (Lipinski definition) is 1. The fourth-order valence-electron chi connectivity index (χ4n) is 3.54. The van der Waals surface area contributed by atoms with Crippen LogP contribution in [0.4, 0.5) is 5.69 Å². The molecule has 0 aliphatic carbocycles. The van der Waals surface area contributed by atoms with Gasteiger partial charge in [0.1, 0.15) is 16.4 Å². The highest BCUT2D eigenvalue weighted by Crippen LogP contribution is 2.26. The second-order valence-electron chi connectivity index (χ2n) is 6.86. The lowest BCUT2D eigenvalue weighted by atomic mass is 10.1. The molecule has 3 heterocycles. The Bertz CT molecular complexity index is 1020. The third-order valence-electron chi connectivity index (χ3n) is 5.09. The zero-order valence-electron chi connectivity index (χ0n) is 15.1. The maximum Gasteiger partial charge on any atom is 0.252 e. The van der Waals surface area contributed by atoms with E-state index < -0.39 is 0 Å². The summed E-state index contributed by atoms with van der Waals surface area (Å²) in [5.41, 5.74) is 3.52. The predicted molar refractivity (Wildman–Crippen MR) is 108 cm³/mol. The number of piperazine rings is 1. The van der Waals surface area contributed by atoms with Gasteiger partial charge in [0.25, 0.3) is 5.56 Å². The molecule has 7 heteroatoms. The van der Waals surface area contributed by atoms with E-state index in [2.05, 4.69) is 14.8 Å². The molecule has 4 rings (SSSR count). The molecule has 6 nitrogen and oxygen atoms in total. The second kappa shape index (κ2) is 7.21. The van der Waals surface area contributed by atoms with Crippen LogP contribution in [0.2, 0.25) is 5.15 Å². The summed E-state index contributed by atoms with van der Waals surface area (Å²) in [7, 11) is 1.75. The predicted octanol–water partition coefficient (Wildman–Crippen LogP) is 2.61. The summed E-state index contributed by atoms with van der Waals surface area (Å²) in [6, 6.07) is 12.5. The molecule has 0 atom stereocenters. The lowest BCUT2D eigenvalue weighted by Crippen LogP contribution is -2.46. The number of phenols is 1. The van der Waals surface area contributed by atoms with Gasteiger partial charge in [0, 0.05) is 45.8 Å². The Morgan fingerprint density at radius 1 is 1.07 bits per heavy atom. The van der Waals surface area contributed by atoms with Gasteiger partial charge in [-0.15, -0.1) is 0 Å². The van der Waals surface area contributed by atoms with Gasteiger partial charge in [0.15, 0.2) is 0 Å². The van der Waals surface area contributed by atoms with E-state index in [1.165, 1.54) is 5.56 Å². The molecule has 140 valence electrons. The molecule has 0 bridgehead atoms. The molecular formula is C20H21ClN4O2. The van der Waals surface area contributed by atoms with Crippen LogP contribution in [0.5, 0.6) is 5.75 Å². The number of pyridine rings is 2. The van der Waals surface area contributed by atoms with Gasteiger partial charge < -0.3 is 14.6 Å². The van der Waals surface area contributed by atoms with Gasteiger partial charge >= 0.3 is 0 Å². The molecule has 0 saturated carbocycles. The minimum Gasteiger partial charge on any atom is -0.508 e. The van der Waals surface area contributed by atoms with Gasteiger partial charge in [-0.1, -0.05) is 23.7 Å². The Hall–Kier alpha value is -2.57. The summed E-state index contributed by atoms with van der Waals surface area (Å²) < 4.78 is 1.60. The van der Waals surface area contributed by atoms with Crippen molar-refractivity contribution in [1.29, 1.82) is 0 Å². The van der Waals surface area contributed by atoms with Gasteiger partial charge in [-0.3, -0.25) is 9.69 Å². The standard InChI is InChI=1S/C20H21ClN4O2/c1-23-16-6-7-18(21)22-20(16)17(12-19(23)27)25-10-8-24(9-11-25)13-14-2-4-15(26)5-3-14/h2-7,12,26H,8-11,13H2,1H3. The van der Waals surface area contributed by atoms with Crippen molar-refractivity contribution in [3.63, 3.8) is 0 Å². The first-order chi connectivity index (χ1) is 13.0. The molecule has 2 aromatic heterocycles. The Balaban J connectivity index is 1.54. The Morgan fingerprint density at radius 3 is 2.48 bits per heavy atom. The summed E-state index contributed by atoms with van der Waals surface area (Å²) in [4.78, 5) is 21.4. The van der Waals surface area contributed by atoms with Crippen molar-refractivity contribution in [1.82, 2.24) is 14.5 Å². The number of anilines is 1. The van der Waals surface area contributed by atoms with E-state index in [-0.39, 0.29) is 11.3 Å². The quantitative estimate of drug-likeness (QED) is 0.703. The second-order valence-corrected chi connectivity index (χ2v) is 7.25. The fraction of sp³-hybridized carbons (Fsp3) is 0.300. The Kier molecular flexibility index (Phi) is 4.76. The minimum absolute atomic E-state index is 0.0480. The average molecular weight is 385 g/mol. The van der Waals surface area contributed by atoms with E-state index in [4.69, 9.17) is 11.6 Å². The number of hydrogen-bond acceptors (Lipinski definition) is 5. The fourth-order valence-corrected chi connectivity index (χ4v) is 3.68. The van der Waals surface area contributed by atoms with Gasteiger partial charge in [-0.2, -0.15) is 0 Å². The molecule has 3 aromatic rings. The first kappa shape index (κ1) is 17.8. The summed E-state index contributed by atoms with van der Waals surface area (Å²) in [6.07, 6.45) is 0. The van der Waals surface area contributed by atoms with E-state index in [1.807, 2.05) is 18.2 Å². The van der Waals surface area contributed by atoms with Gasteiger partial charge in [0.05, 0.1) is 11.2 Å². The van der Waals surface area contributed by atoms with Crippen molar-refractivity contribution in [3.05, 3.63) is 63.5 Å². The Labute approximate surface area is 162 Å². The van der Waals surface area contributed by atoms with Crippen LogP contribution in [0.1, 0.15) is 5.56 Å². The van der Waals surface area contributed by atoms with Crippen LogP contribution in [0.25, 0.3) is 11.0 Å². The molecule has 1 aliphatic heterocycles. The number of aryl methyl sites for hydroxylation is 1. The number of benzene rings is 1. The van der Waals surface area contributed by atoms with E-state index in [1.54, 1.807) is 35.9 Å². The largest absolute Gasteiger partial charge is 0.508 e. The van der Waals surface area contributed by atoms with Crippen LogP contribution < -0.4 is 10.5 Å². The summed E-state index contributed by atoms with van der Waals surface area (Å²) in [6.45, 7) is 4.24. The first-order valence-corrected chi connectivity index (χ1v) is 9.30. The topological polar surface area (TPSA) is 61.6 Å². The highest BCUT2D eigenvalue weighted by Gasteiger charge is 2.21. The smallest absolute Gasteiger partial charge is 0.252 e. The van der Waals surface area contributed by atoms with Crippen molar-refractivity contribution < 1.29 is 5.11 Å². The van der Waals surface area contributed by atoms with Crippen molar-refractivity contribution in [2.75, 3.05) is 31.1 Å². The molecule has 1 saturated heterocycles. The van der Waals surface area contributed by atoms with Crippen LogP contribution in [-0.2, 0) is 13.6 Å². The maximum absolute atomic E-state index is 12.4. The summed E-state index contributed by atoms with van der Waals surface area (Å²) in [5.74, 6) is 0.285. The molecule has 1 fully saturated rings. The van der Waals surface area contributed by atoms with Crippen LogP contribution in [0.3, 0.4) is 0 Å². The lowest BCUT2D eigenvalue weighted by Gasteiger charge is -2.36. The minimum atomic E-state index is -0.0480. The monoisotopic (exact) mass is 384 g/mol. The van der Waals surface area contributed by atoms with E-state index >= 15 is 0 Å². The molecular weight excluding hydrogens is 364 g/mol. The third-order valence-corrected chi connectivity index (χ3v) is 5.30. The van der Waals surface area contributed by atoms with Crippen LogP contribution in [-0.4, -0.2) is 45.7 Å². The highest BCUT2D eigenvalue weighted by molar-refractivity contribution is 6.29. The number of halogens is 1. The molecule has 1 aliphatic rings. The van der Waals surface area contributed by atoms with E-state index in [0.29, 0.717) is 5.15 Å². The summed E-state index contributed by atoms with van der Waals surface area (Å²) in [5, 5.41) is 9.83. The lowest BCUT2D eigenvalue weighted by molar-refractivity contribution is 0.250. The number of aromatic hydroxyl groups is 1. The highest BCUT2D eigenvalue weighted by atomic mass is 35.5. The molecule has 0 spiro atoms. The third kappa shape index (κ3) is 3.63. The molecule has 27 heavy (non-hydrogen) atoms. The summed E-state index contributed by atoms with van der Waals surface area (Å²) >= 11 is 6.10. The zero-order valence-corrected chi connectivity index (χ0v) is 15.9. The zero-order chi connectivity index (χ0) is 19.0. The number of aromatic nitrogens is 2. The van der Waals surface area contributed by atoms with Crippen molar-refractivity contribution in [2.24, 2.45) is 7.05 Å². The normalized spacial score (nSPS) is 15.4. The van der Waals surface area contributed by atoms with Crippen molar-refractivity contribution >= 4 is 28.3 Å². The average Bonchev–Trinajstić information content (AvgIpc) is 2.67. The SMILES string of the molecule is Cn1c(=O)cc(N2CCN(Cc3ccc(O)cc3)CC2)c2nc(Cl)ccc21. The van der Waals surface area contributed by atoms with E-state index in [9.17, 15) is 9.90 Å². The number of phenolic OH excluding ortho intramolecular Hbond substituents is 1. The number of fused-ring (bicyclic) bond motifs is 1. The Morgan fingerprint density at radius 2 is 1.78 bits per heavy atom. The number of nitrogens with zero attached hydrogens (tertiary/aromatic N) is 4. The van der Waals surface area contributed by atoms with Crippen LogP contribution in [0.15, 0.2) is 47.3 Å². The molecule has 1 N–H and O–H groups in total. The molecule has 0 unspecified atom stereocenters. The van der Waals surface area contributed by atoms with Crippen LogP contribution >= 0.6 is 11.6 Å².